The summed E-state index contributed by atoms with van der Waals surface area (Å²) in [7, 11) is 3.14. The summed E-state index contributed by atoms with van der Waals surface area (Å²) < 4.78 is 0. The Morgan fingerprint density at radius 3 is 2.57 bits per heavy atom. The summed E-state index contributed by atoms with van der Waals surface area (Å²) in [5.74, 6) is -0.643. The Labute approximate surface area is 86.9 Å². The van der Waals surface area contributed by atoms with Crippen LogP contribution in [0.15, 0.2) is 12.1 Å². The fourth-order valence-electron chi connectivity index (χ4n) is 1.01. The lowest BCUT2D eigenvalue weighted by Crippen LogP contribution is -2.22. The lowest BCUT2D eigenvalue weighted by atomic mass is 10.1. The minimum absolute atomic E-state index is 0.0386. The van der Waals surface area contributed by atoms with E-state index in [0.29, 0.717) is 0 Å². The van der Waals surface area contributed by atoms with Crippen LogP contribution in [0.3, 0.4) is 0 Å². The molecule has 3 N–H and O–H groups in total. The average molecular weight is 215 g/mol. The number of hydrogen-bond acceptors (Lipinski definition) is 3. The molecule has 5 heteroatoms. The van der Waals surface area contributed by atoms with Crippen molar-refractivity contribution in [3.8, 4) is 5.75 Å². The van der Waals surface area contributed by atoms with Gasteiger partial charge in [0.2, 0.25) is 0 Å². The second kappa shape index (κ2) is 3.75. The van der Waals surface area contributed by atoms with Gasteiger partial charge in [0.25, 0.3) is 5.91 Å². The number of phenolic OH excluding ortho intramolecular Hbond substituents is 1. The Morgan fingerprint density at radius 1 is 1.50 bits per heavy atom. The Morgan fingerprint density at radius 2 is 2.07 bits per heavy atom. The van der Waals surface area contributed by atoms with Crippen LogP contribution in [0.1, 0.15) is 10.4 Å². The monoisotopic (exact) mass is 214 g/mol. The zero-order valence-corrected chi connectivity index (χ0v) is 8.67. The summed E-state index contributed by atoms with van der Waals surface area (Å²) in [6, 6.07) is 2.93. The van der Waals surface area contributed by atoms with E-state index in [0.717, 1.165) is 0 Å². The number of phenols is 1. The van der Waals surface area contributed by atoms with Gasteiger partial charge in [-0.25, -0.2) is 0 Å². The predicted molar refractivity (Wildman–Crippen MR) is 55.5 cm³/mol. The van der Waals surface area contributed by atoms with Gasteiger partial charge in [-0.2, -0.15) is 0 Å². The number of anilines is 1. The fourth-order valence-corrected chi connectivity index (χ4v) is 1.24. The van der Waals surface area contributed by atoms with E-state index < -0.39 is 0 Å². The van der Waals surface area contributed by atoms with E-state index in [4.69, 9.17) is 17.3 Å². The number of nitrogens with zero attached hydrogens (tertiary/aromatic N) is 1. The lowest BCUT2D eigenvalue weighted by Gasteiger charge is -2.13. The van der Waals surface area contributed by atoms with Crippen LogP contribution in [0.2, 0.25) is 5.02 Å². The number of nitrogens with two attached hydrogens (primary N) is 1. The Hall–Kier alpha value is -1.42. The van der Waals surface area contributed by atoms with Crippen LogP contribution < -0.4 is 5.73 Å². The molecule has 1 rings (SSSR count). The smallest absolute Gasteiger partial charge is 0.258 e. The van der Waals surface area contributed by atoms with Gasteiger partial charge >= 0.3 is 0 Å². The molecule has 0 spiro atoms. The van der Waals surface area contributed by atoms with Crippen LogP contribution in [0.25, 0.3) is 0 Å². The Bertz CT molecular complexity index is 377. The summed E-state index contributed by atoms with van der Waals surface area (Å²) in [4.78, 5) is 12.9. The molecule has 14 heavy (non-hydrogen) atoms. The standard InChI is InChI=1S/C9H11ClN2O2/c1-12(2)9(14)7-5(10)3-4-6(11)8(7)13/h3-4,13H,11H2,1-2H3. The van der Waals surface area contributed by atoms with Crippen LogP contribution in [-0.2, 0) is 0 Å². The van der Waals surface area contributed by atoms with Gasteiger partial charge in [0.1, 0.15) is 5.56 Å². The highest BCUT2D eigenvalue weighted by molar-refractivity contribution is 6.34. The molecule has 0 saturated carbocycles. The second-order valence-corrected chi connectivity index (χ2v) is 3.47. The normalized spacial score (nSPS) is 9.93. The minimum atomic E-state index is -0.375. The van der Waals surface area contributed by atoms with Gasteiger partial charge in [-0.1, -0.05) is 11.6 Å². The van der Waals surface area contributed by atoms with Gasteiger partial charge in [-0.3, -0.25) is 4.79 Å². The SMILES string of the molecule is CN(C)C(=O)c1c(Cl)ccc(N)c1O. The van der Waals surface area contributed by atoms with Crippen molar-refractivity contribution in [3.05, 3.63) is 22.7 Å². The maximum absolute atomic E-state index is 11.6. The van der Waals surface area contributed by atoms with Crippen LogP contribution in [0.5, 0.6) is 5.75 Å². The Kier molecular flexibility index (Phi) is 2.86. The molecule has 1 amide bonds. The molecule has 0 aliphatic carbocycles. The average Bonchev–Trinajstić information content (AvgIpc) is 2.12. The Balaban J connectivity index is 3.33. The summed E-state index contributed by atoms with van der Waals surface area (Å²) in [6.07, 6.45) is 0. The van der Waals surface area contributed by atoms with Crippen molar-refractivity contribution in [2.45, 2.75) is 0 Å². The highest BCUT2D eigenvalue weighted by atomic mass is 35.5. The zero-order valence-electron chi connectivity index (χ0n) is 7.91. The molecule has 0 bridgehead atoms. The van der Waals surface area contributed by atoms with E-state index in [9.17, 15) is 9.90 Å². The fraction of sp³-hybridized carbons (Fsp3) is 0.222. The number of aromatic hydroxyl groups is 1. The van der Waals surface area contributed by atoms with Gasteiger partial charge in [0.15, 0.2) is 5.75 Å². The predicted octanol–water partition coefficient (Wildman–Crippen LogP) is 1.33. The highest BCUT2D eigenvalue weighted by Gasteiger charge is 2.18. The van der Waals surface area contributed by atoms with Crippen LogP contribution in [0, 0.1) is 0 Å². The molecule has 0 atom stereocenters. The van der Waals surface area contributed by atoms with Gasteiger partial charge in [-0.05, 0) is 12.1 Å². The van der Waals surface area contributed by atoms with Gasteiger partial charge in [0, 0.05) is 14.1 Å². The summed E-state index contributed by atoms with van der Waals surface area (Å²) in [6.45, 7) is 0. The van der Waals surface area contributed by atoms with E-state index in [-0.39, 0.29) is 27.9 Å². The van der Waals surface area contributed by atoms with Crippen LogP contribution in [0.4, 0.5) is 5.69 Å². The first-order valence-electron chi connectivity index (χ1n) is 3.93. The van der Waals surface area contributed by atoms with Crippen LogP contribution in [-0.4, -0.2) is 30.0 Å². The van der Waals surface area contributed by atoms with E-state index in [1.807, 2.05) is 0 Å². The van der Waals surface area contributed by atoms with E-state index in [2.05, 4.69) is 0 Å². The molecule has 0 fully saturated rings. The van der Waals surface area contributed by atoms with Gasteiger partial charge in [-0.15, -0.1) is 0 Å². The van der Waals surface area contributed by atoms with Crippen molar-refractivity contribution in [1.29, 1.82) is 0 Å². The number of nitrogen functional groups attached to an aromatic ring is 1. The molecule has 1 aromatic rings. The van der Waals surface area contributed by atoms with Crippen molar-refractivity contribution in [1.82, 2.24) is 4.90 Å². The summed E-state index contributed by atoms with van der Waals surface area (Å²) >= 11 is 5.78. The molecule has 0 aromatic heterocycles. The maximum Gasteiger partial charge on any atom is 0.258 e. The van der Waals surface area contributed by atoms with E-state index in [1.165, 1.54) is 17.0 Å². The molecular formula is C9H11ClN2O2. The number of hydrogen-bond donors (Lipinski definition) is 2. The molecular weight excluding hydrogens is 204 g/mol. The third-order valence-electron chi connectivity index (χ3n) is 1.78. The number of rotatable bonds is 1. The summed E-state index contributed by atoms with van der Waals surface area (Å²) in [5.41, 5.74) is 5.63. The number of benzene rings is 1. The van der Waals surface area contributed by atoms with Crippen molar-refractivity contribution in [2.24, 2.45) is 0 Å². The third-order valence-corrected chi connectivity index (χ3v) is 2.09. The number of carbonyl (C=O) groups excluding carboxylic acids is 1. The topological polar surface area (TPSA) is 66.6 Å². The van der Waals surface area contributed by atoms with Gasteiger partial charge < -0.3 is 15.7 Å². The first-order valence-corrected chi connectivity index (χ1v) is 4.31. The molecule has 0 radical (unpaired) electrons. The van der Waals surface area contributed by atoms with Crippen molar-refractivity contribution < 1.29 is 9.90 Å². The molecule has 0 saturated heterocycles. The molecule has 4 nitrogen and oxygen atoms in total. The van der Waals surface area contributed by atoms with E-state index >= 15 is 0 Å². The first kappa shape index (κ1) is 10.7. The van der Waals surface area contributed by atoms with Gasteiger partial charge in [0.05, 0.1) is 10.7 Å². The zero-order chi connectivity index (χ0) is 10.9. The quantitative estimate of drug-likeness (QED) is 0.548. The molecule has 1 aromatic carbocycles. The minimum Gasteiger partial charge on any atom is -0.505 e. The highest BCUT2D eigenvalue weighted by Crippen LogP contribution is 2.31. The van der Waals surface area contributed by atoms with Crippen molar-refractivity contribution in [2.75, 3.05) is 19.8 Å². The maximum atomic E-state index is 11.6. The van der Waals surface area contributed by atoms with Crippen molar-refractivity contribution >= 4 is 23.2 Å². The molecule has 0 aliphatic rings. The first-order chi connectivity index (χ1) is 6.45. The van der Waals surface area contributed by atoms with Crippen LogP contribution >= 0.6 is 11.6 Å². The molecule has 76 valence electrons. The number of halogens is 1. The summed E-state index contributed by atoms with van der Waals surface area (Å²) in [5, 5.41) is 9.73. The van der Waals surface area contributed by atoms with Crippen molar-refractivity contribution in [3.63, 3.8) is 0 Å². The number of carbonyl (C=O) groups is 1. The van der Waals surface area contributed by atoms with E-state index in [1.54, 1.807) is 14.1 Å². The third kappa shape index (κ3) is 1.75. The second-order valence-electron chi connectivity index (χ2n) is 3.06. The molecule has 0 unspecified atom stereocenters. The molecule has 0 heterocycles. The number of amides is 1. The lowest BCUT2D eigenvalue weighted by molar-refractivity contribution is 0.0825. The molecule has 0 aliphatic heterocycles. The largest absolute Gasteiger partial charge is 0.505 e.